The van der Waals surface area contributed by atoms with Crippen LogP contribution < -0.4 is 5.32 Å². The molecule has 0 rings (SSSR count). The minimum Gasteiger partial charge on any atom is -0.316 e. The molecular formula is C16H36N2. The lowest BCUT2D eigenvalue weighted by atomic mass is 9.99. The highest BCUT2D eigenvalue weighted by molar-refractivity contribution is 4.75. The summed E-state index contributed by atoms with van der Waals surface area (Å²) in [6.07, 6.45) is 1.28. The van der Waals surface area contributed by atoms with Crippen LogP contribution in [0.15, 0.2) is 0 Å². The lowest BCUT2D eigenvalue weighted by Crippen LogP contribution is -2.43. The van der Waals surface area contributed by atoms with Gasteiger partial charge in [-0.25, -0.2) is 0 Å². The molecule has 110 valence electrons. The van der Waals surface area contributed by atoms with Gasteiger partial charge in [0.25, 0.3) is 0 Å². The van der Waals surface area contributed by atoms with Gasteiger partial charge < -0.3 is 10.2 Å². The number of rotatable bonds is 10. The van der Waals surface area contributed by atoms with Crippen molar-refractivity contribution in [2.24, 2.45) is 17.8 Å². The van der Waals surface area contributed by atoms with Crippen molar-refractivity contribution < 1.29 is 0 Å². The second kappa shape index (κ2) is 9.80. The molecule has 0 aromatic heterocycles. The predicted molar refractivity (Wildman–Crippen MR) is 83.0 cm³/mol. The Morgan fingerprint density at radius 3 is 2.00 bits per heavy atom. The quantitative estimate of drug-likeness (QED) is 0.642. The van der Waals surface area contributed by atoms with Crippen LogP contribution in [0.3, 0.4) is 0 Å². The summed E-state index contributed by atoms with van der Waals surface area (Å²) in [4.78, 5) is 2.63. The summed E-state index contributed by atoms with van der Waals surface area (Å²) >= 11 is 0. The van der Waals surface area contributed by atoms with Gasteiger partial charge in [-0.05, 0) is 44.3 Å². The van der Waals surface area contributed by atoms with E-state index in [1.807, 2.05) is 0 Å². The molecular weight excluding hydrogens is 220 g/mol. The van der Waals surface area contributed by atoms with E-state index in [1.165, 1.54) is 19.5 Å². The second-order valence-corrected chi connectivity index (χ2v) is 6.37. The molecule has 0 bridgehead atoms. The van der Waals surface area contributed by atoms with Gasteiger partial charge in [-0.3, -0.25) is 0 Å². The van der Waals surface area contributed by atoms with Crippen molar-refractivity contribution in [3.8, 4) is 0 Å². The Bertz CT molecular complexity index is 192. The van der Waals surface area contributed by atoms with E-state index in [0.29, 0.717) is 12.0 Å². The Labute approximate surface area is 116 Å². The maximum Gasteiger partial charge on any atom is 0.0105 e. The maximum atomic E-state index is 3.59. The van der Waals surface area contributed by atoms with E-state index in [2.05, 4.69) is 58.7 Å². The van der Waals surface area contributed by atoms with E-state index < -0.39 is 0 Å². The molecule has 0 saturated heterocycles. The Balaban J connectivity index is 4.09. The van der Waals surface area contributed by atoms with Crippen molar-refractivity contribution in [3.05, 3.63) is 0 Å². The van der Waals surface area contributed by atoms with Crippen LogP contribution in [0.5, 0.6) is 0 Å². The van der Waals surface area contributed by atoms with Crippen LogP contribution in [-0.4, -0.2) is 37.1 Å². The van der Waals surface area contributed by atoms with E-state index in [1.54, 1.807) is 0 Å². The molecule has 0 fully saturated rings. The highest BCUT2D eigenvalue weighted by Crippen LogP contribution is 2.14. The van der Waals surface area contributed by atoms with Crippen molar-refractivity contribution >= 4 is 0 Å². The third kappa shape index (κ3) is 7.38. The van der Waals surface area contributed by atoms with Crippen LogP contribution in [0.2, 0.25) is 0 Å². The molecule has 0 amide bonds. The fourth-order valence-corrected chi connectivity index (χ4v) is 2.24. The van der Waals surface area contributed by atoms with E-state index >= 15 is 0 Å². The van der Waals surface area contributed by atoms with Gasteiger partial charge in [0.1, 0.15) is 0 Å². The normalized spacial score (nSPS) is 17.2. The second-order valence-electron chi connectivity index (χ2n) is 6.37. The first-order valence-corrected chi connectivity index (χ1v) is 7.87. The fraction of sp³-hybridized carbons (Fsp3) is 1.00. The van der Waals surface area contributed by atoms with Crippen LogP contribution in [0, 0.1) is 17.8 Å². The first-order chi connectivity index (χ1) is 8.42. The molecule has 3 unspecified atom stereocenters. The summed E-state index contributed by atoms with van der Waals surface area (Å²) < 4.78 is 0. The third-order valence-corrected chi connectivity index (χ3v) is 4.07. The summed E-state index contributed by atoms with van der Waals surface area (Å²) in [6.45, 7) is 20.9. The van der Waals surface area contributed by atoms with Crippen LogP contribution in [0.1, 0.15) is 54.9 Å². The average molecular weight is 256 g/mol. The SMILES string of the molecule is CCC(C)CN(CC)C(C)C(C)CNCC(C)C. The number of nitrogens with zero attached hydrogens (tertiary/aromatic N) is 1. The molecule has 0 radical (unpaired) electrons. The molecule has 2 nitrogen and oxygen atoms in total. The molecule has 3 atom stereocenters. The molecule has 0 aromatic rings. The molecule has 1 N–H and O–H groups in total. The average Bonchev–Trinajstić information content (AvgIpc) is 2.34. The van der Waals surface area contributed by atoms with Crippen molar-refractivity contribution in [2.75, 3.05) is 26.2 Å². The number of hydrogen-bond donors (Lipinski definition) is 1. The molecule has 0 aliphatic heterocycles. The Morgan fingerprint density at radius 1 is 0.944 bits per heavy atom. The van der Waals surface area contributed by atoms with E-state index in [-0.39, 0.29) is 0 Å². The zero-order valence-corrected chi connectivity index (χ0v) is 13.8. The minimum atomic E-state index is 0.670. The summed E-state index contributed by atoms with van der Waals surface area (Å²) in [7, 11) is 0. The predicted octanol–water partition coefficient (Wildman–Crippen LogP) is 3.62. The molecule has 0 spiro atoms. The molecule has 0 aromatic carbocycles. The van der Waals surface area contributed by atoms with Gasteiger partial charge >= 0.3 is 0 Å². The summed E-state index contributed by atoms with van der Waals surface area (Å²) in [5.74, 6) is 2.27. The van der Waals surface area contributed by atoms with Gasteiger partial charge in [0.2, 0.25) is 0 Å². The van der Waals surface area contributed by atoms with Gasteiger partial charge in [0.15, 0.2) is 0 Å². The highest BCUT2D eigenvalue weighted by atomic mass is 15.2. The zero-order valence-electron chi connectivity index (χ0n) is 13.8. The number of hydrogen-bond acceptors (Lipinski definition) is 2. The molecule has 2 heteroatoms. The highest BCUT2D eigenvalue weighted by Gasteiger charge is 2.19. The summed E-state index contributed by atoms with van der Waals surface area (Å²) in [5, 5.41) is 3.59. The Morgan fingerprint density at radius 2 is 1.56 bits per heavy atom. The van der Waals surface area contributed by atoms with Gasteiger partial charge in [0.05, 0.1) is 0 Å². The van der Waals surface area contributed by atoms with Crippen LogP contribution >= 0.6 is 0 Å². The Hall–Kier alpha value is -0.0800. The largest absolute Gasteiger partial charge is 0.316 e. The van der Waals surface area contributed by atoms with E-state index in [9.17, 15) is 0 Å². The molecule has 0 aliphatic rings. The van der Waals surface area contributed by atoms with Crippen molar-refractivity contribution in [1.29, 1.82) is 0 Å². The lowest BCUT2D eigenvalue weighted by molar-refractivity contribution is 0.145. The van der Waals surface area contributed by atoms with Crippen molar-refractivity contribution in [3.63, 3.8) is 0 Å². The number of nitrogens with one attached hydrogen (secondary N) is 1. The standard InChI is InChI=1S/C16H36N2/c1-8-14(5)12-18(9-2)16(7)15(6)11-17-10-13(3)4/h13-17H,8-12H2,1-7H3. The van der Waals surface area contributed by atoms with Gasteiger partial charge in [0, 0.05) is 12.6 Å². The minimum absolute atomic E-state index is 0.670. The first-order valence-electron chi connectivity index (χ1n) is 7.87. The summed E-state index contributed by atoms with van der Waals surface area (Å²) in [6, 6.07) is 0.670. The Kier molecular flexibility index (Phi) is 9.76. The van der Waals surface area contributed by atoms with Crippen molar-refractivity contribution in [1.82, 2.24) is 10.2 Å². The van der Waals surface area contributed by atoms with Crippen molar-refractivity contribution in [2.45, 2.75) is 60.9 Å². The van der Waals surface area contributed by atoms with Crippen LogP contribution in [0.25, 0.3) is 0 Å². The van der Waals surface area contributed by atoms with Gasteiger partial charge in [-0.15, -0.1) is 0 Å². The monoisotopic (exact) mass is 256 g/mol. The third-order valence-electron chi connectivity index (χ3n) is 4.07. The fourth-order valence-electron chi connectivity index (χ4n) is 2.24. The van der Waals surface area contributed by atoms with Crippen LogP contribution in [-0.2, 0) is 0 Å². The van der Waals surface area contributed by atoms with E-state index in [4.69, 9.17) is 0 Å². The molecule has 0 saturated carbocycles. The van der Waals surface area contributed by atoms with E-state index in [0.717, 1.165) is 24.9 Å². The molecule has 0 heterocycles. The first kappa shape index (κ1) is 17.9. The topological polar surface area (TPSA) is 15.3 Å². The lowest BCUT2D eigenvalue weighted by Gasteiger charge is -2.34. The van der Waals surface area contributed by atoms with Crippen LogP contribution in [0.4, 0.5) is 0 Å². The summed E-state index contributed by atoms with van der Waals surface area (Å²) in [5.41, 5.74) is 0. The van der Waals surface area contributed by atoms with Gasteiger partial charge in [-0.1, -0.05) is 48.0 Å². The smallest absolute Gasteiger partial charge is 0.0105 e. The molecule has 0 aliphatic carbocycles. The van der Waals surface area contributed by atoms with Gasteiger partial charge in [-0.2, -0.15) is 0 Å². The molecule has 18 heavy (non-hydrogen) atoms. The maximum absolute atomic E-state index is 3.59. The zero-order chi connectivity index (χ0) is 14.1.